The molecule has 0 saturated heterocycles. The van der Waals surface area contributed by atoms with Crippen LogP contribution in [-0.2, 0) is 14.8 Å². The SMILES string of the molecule is CCCC(CC(=O)O)NS(=O)(=O)c1cn[nH]c1C. The Labute approximate surface area is 106 Å². The van der Waals surface area contributed by atoms with Crippen molar-refractivity contribution in [3.63, 3.8) is 0 Å². The third-order valence-corrected chi connectivity index (χ3v) is 4.09. The molecule has 8 heteroatoms. The van der Waals surface area contributed by atoms with Gasteiger partial charge in [-0.25, -0.2) is 13.1 Å². The highest BCUT2D eigenvalue weighted by Gasteiger charge is 2.24. The number of hydrogen-bond acceptors (Lipinski definition) is 4. The van der Waals surface area contributed by atoms with Crippen molar-refractivity contribution >= 4 is 16.0 Å². The number of aliphatic carboxylic acids is 1. The lowest BCUT2D eigenvalue weighted by molar-refractivity contribution is -0.137. The topological polar surface area (TPSA) is 112 Å². The second kappa shape index (κ2) is 5.96. The van der Waals surface area contributed by atoms with Crippen molar-refractivity contribution in [2.24, 2.45) is 0 Å². The zero-order valence-electron chi connectivity index (χ0n) is 10.3. The van der Waals surface area contributed by atoms with Crippen molar-refractivity contribution in [1.29, 1.82) is 0 Å². The number of carboxylic acid groups (broad SMARTS) is 1. The zero-order valence-corrected chi connectivity index (χ0v) is 11.1. The van der Waals surface area contributed by atoms with Crippen LogP contribution in [0.4, 0.5) is 0 Å². The summed E-state index contributed by atoms with van der Waals surface area (Å²) < 4.78 is 26.4. The van der Waals surface area contributed by atoms with Crippen LogP contribution in [0.25, 0.3) is 0 Å². The molecule has 0 aliphatic rings. The highest BCUT2D eigenvalue weighted by Crippen LogP contribution is 2.13. The minimum atomic E-state index is -3.72. The van der Waals surface area contributed by atoms with E-state index in [1.165, 1.54) is 6.20 Å². The molecule has 1 rings (SSSR count). The van der Waals surface area contributed by atoms with Crippen LogP contribution in [0.3, 0.4) is 0 Å². The molecule has 1 heterocycles. The number of rotatable bonds is 7. The number of aromatic nitrogens is 2. The predicted molar refractivity (Wildman–Crippen MR) is 64.6 cm³/mol. The molecule has 0 spiro atoms. The zero-order chi connectivity index (χ0) is 13.8. The van der Waals surface area contributed by atoms with E-state index in [-0.39, 0.29) is 11.3 Å². The summed E-state index contributed by atoms with van der Waals surface area (Å²) in [5, 5.41) is 14.9. The Bertz CT molecular complexity index is 509. The summed E-state index contributed by atoms with van der Waals surface area (Å²) in [7, 11) is -3.72. The van der Waals surface area contributed by atoms with E-state index < -0.39 is 22.0 Å². The van der Waals surface area contributed by atoms with Gasteiger partial charge in [0.2, 0.25) is 10.0 Å². The predicted octanol–water partition coefficient (Wildman–Crippen LogP) is 0.640. The molecule has 0 aromatic carbocycles. The quantitative estimate of drug-likeness (QED) is 0.676. The maximum Gasteiger partial charge on any atom is 0.304 e. The number of carbonyl (C=O) groups is 1. The summed E-state index contributed by atoms with van der Waals surface area (Å²) in [6.45, 7) is 3.46. The summed E-state index contributed by atoms with van der Waals surface area (Å²) in [6.07, 6.45) is 2.15. The highest BCUT2D eigenvalue weighted by atomic mass is 32.2. The summed E-state index contributed by atoms with van der Waals surface area (Å²) >= 11 is 0. The first-order valence-corrected chi connectivity index (χ1v) is 7.09. The van der Waals surface area contributed by atoms with Gasteiger partial charge in [0.1, 0.15) is 4.90 Å². The molecule has 0 radical (unpaired) electrons. The van der Waals surface area contributed by atoms with Gasteiger partial charge in [0.05, 0.1) is 18.3 Å². The van der Waals surface area contributed by atoms with Gasteiger partial charge in [-0.05, 0) is 13.3 Å². The van der Waals surface area contributed by atoms with Gasteiger partial charge in [0, 0.05) is 6.04 Å². The molecule has 0 fully saturated rings. The Morgan fingerprint density at radius 1 is 1.61 bits per heavy atom. The Kier molecular flexibility index (Phi) is 4.85. The monoisotopic (exact) mass is 275 g/mol. The van der Waals surface area contributed by atoms with Crippen LogP contribution < -0.4 is 4.72 Å². The lowest BCUT2D eigenvalue weighted by Gasteiger charge is -2.15. The van der Waals surface area contributed by atoms with Crippen molar-refractivity contribution in [1.82, 2.24) is 14.9 Å². The summed E-state index contributed by atoms with van der Waals surface area (Å²) in [4.78, 5) is 10.7. The van der Waals surface area contributed by atoms with Gasteiger partial charge in [-0.3, -0.25) is 9.89 Å². The molecule has 102 valence electrons. The van der Waals surface area contributed by atoms with Crippen molar-refractivity contribution in [3.05, 3.63) is 11.9 Å². The van der Waals surface area contributed by atoms with Gasteiger partial charge in [0.25, 0.3) is 0 Å². The van der Waals surface area contributed by atoms with Gasteiger partial charge in [0.15, 0.2) is 0 Å². The third-order valence-electron chi connectivity index (χ3n) is 2.45. The van der Waals surface area contributed by atoms with Crippen LogP contribution in [0, 0.1) is 6.92 Å². The van der Waals surface area contributed by atoms with Crippen molar-refractivity contribution in [3.8, 4) is 0 Å². The fraction of sp³-hybridized carbons (Fsp3) is 0.600. The Morgan fingerprint density at radius 2 is 2.28 bits per heavy atom. The fourth-order valence-corrected chi connectivity index (χ4v) is 3.06. The minimum Gasteiger partial charge on any atom is -0.481 e. The van der Waals surface area contributed by atoms with Gasteiger partial charge in [-0.2, -0.15) is 5.10 Å². The number of sulfonamides is 1. The van der Waals surface area contributed by atoms with Crippen molar-refractivity contribution < 1.29 is 18.3 Å². The summed E-state index contributed by atoms with van der Waals surface area (Å²) in [5.74, 6) is -1.03. The highest BCUT2D eigenvalue weighted by molar-refractivity contribution is 7.89. The van der Waals surface area contributed by atoms with E-state index in [2.05, 4.69) is 14.9 Å². The smallest absolute Gasteiger partial charge is 0.304 e. The largest absolute Gasteiger partial charge is 0.481 e. The average molecular weight is 275 g/mol. The van der Waals surface area contributed by atoms with Gasteiger partial charge in [-0.15, -0.1) is 0 Å². The second-order valence-electron chi connectivity index (χ2n) is 4.06. The molecule has 0 aliphatic carbocycles. The van der Waals surface area contributed by atoms with E-state index in [9.17, 15) is 13.2 Å². The first kappa shape index (κ1) is 14.7. The molecule has 0 bridgehead atoms. The molecule has 1 unspecified atom stereocenters. The van der Waals surface area contributed by atoms with Crippen molar-refractivity contribution in [2.45, 2.75) is 44.0 Å². The second-order valence-corrected chi connectivity index (χ2v) is 5.75. The summed E-state index contributed by atoms with van der Waals surface area (Å²) in [5.41, 5.74) is 0.424. The first-order valence-electron chi connectivity index (χ1n) is 5.61. The Balaban J connectivity index is 2.86. The maximum absolute atomic E-state index is 12.0. The Morgan fingerprint density at radius 3 is 2.72 bits per heavy atom. The van der Waals surface area contributed by atoms with Crippen molar-refractivity contribution in [2.75, 3.05) is 0 Å². The molecule has 3 N–H and O–H groups in total. The lowest BCUT2D eigenvalue weighted by Crippen LogP contribution is -2.36. The lowest BCUT2D eigenvalue weighted by atomic mass is 10.1. The van der Waals surface area contributed by atoms with Crippen LogP contribution in [0.2, 0.25) is 0 Å². The van der Waals surface area contributed by atoms with E-state index in [4.69, 9.17) is 5.11 Å². The fourth-order valence-electron chi connectivity index (χ4n) is 1.66. The van der Waals surface area contributed by atoms with Crippen LogP contribution in [0.5, 0.6) is 0 Å². The molecule has 7 nitrogen and oxygen atoms in total. The number of H-pyrrole nitrogens is 1. The van der Waals surface area contributed by atoms with E-state index in [0.717, 1.165) is 0 Å². The number of aromatic amines is 1. The molecule has 0 aliphatic heterocycles. The first-order chi connectivity index (χ1) is 8.36. The molecule has 18 heavy (non-hydrogen) atoms. The van der Waals surface area contributed by atoms with E-state index >= 15 is 0 Å². The van der Waals surface area contributed by atoms with Gasteiger partial charge in [-0.1, -0.05) is 13.3 Å². The summed E-state index contributed by atoms with van der Waals surface area (Å²) in [6, 6.07) is -0.605. The number of hydrogen-bond donors (Lipinski definition) is 3. The van der Waals surface area contributed by atoms with Crippen LogP contribution in [0.1, 0.15) is 31.9 Å². The van der Waals surface area contributed by atoms with Crippen LogP contribution >= 0.6 is 0 Å². The maximum atomic E-state index is 12.0. The normalized spacial score (nSPS) is 13.4. The minimum absolute atomic E-state index is 0.0500. The van der Waals surface area contributed by atoms with Gasteiger partial charge < -0.3 is 5.11 Å². The van der Waals surface area contributed by atoms with E-state index in [0.29, 0.717) is 18.5 Å². The number of aryl methyl sites for hydroxylation is 1. The van der Waals surface area contributed by atoms with Gasteiger partial charge >= 0.3 is 5.97 Å². The molecule has 1 aromatic rings. The third kappa shape index (κ3) is 3.81. The Hall–Kier alpha value is -1.41. The molecule has 0 amide bonds. The van der Waals surface area contributed by atoms with E-state index in [1.807, 2.05) is 6.92 Å². The van der Waals surface area contributed by atoms with Crippen LogP contribution in [0.15, 0.2) is 11.1 Å². The molecular weight excluding hydrogens is 258 g/mol. The number of nitrogens with one attached hydrogen (secondary N) is 2. The average Bonchev–Trinajstić information content (AvgIpc) is 2.63. The van der Waals surface area contributed by atoms with Crippen LogP contribution in [-0.4, -0.2) is 35.7 Å². The molecule has 0 saturated carbocycles. The standard InChI is InChI=1S/C10H17N3O4S/c1-3-4-8(5-10(14)15)13-18(16,17)9-6-11-12-7(9)2/h6,8,13H,3-5H2,1-2H3,(H,11,12)(H,14,15). The van der Waals surface area contributed by atoms with E-state index in [1.54, 1.807) is 6.92 Å². The number of carboxylic acids is 1. The molecule has 1 aromatic heterocycles. The molecule has 1 atom stereocenters. The molecular formula is C10H17N3O4S. The number of nitrogens with zero attached hydrogens (tertiary/aromatic N) is 1.